The van der Waals surface area contributed by atoms with Crippen molar-refractivity contribution in [3.63, 3.8) is 0 Å². The average molecular weight is 435 g/mol. The molecule has 0 spiro atoms. The van der Waals surface area contributed by atoms with Crippen molar-refractivity contribution < 1.29 is 15.0 Å². The van der Waals surface area contributed by atoms with Crippen LogP contribution in [0.15, 0.2) is 0 Å². The number of aliphatic hydroxyl groups excluding tert-OH is 2. The molecule has 0 aliphatic heterocycles. The van der Waals surface area contributed by atoms with E-state index in [4.69, 9.17) is 5.73 Å². The van der Waals surface area contributed by atoms with Crippen LogP contribution in [0.2, 0.25) is 0 Å². The number of fused-ring (bicyclic) bond motifs is 5. The van der Waals surface area contributed by atoms with E-state index in [9.17, 15) is 15.0 Å². The van der Waals surface area contributed by atoms with E-state index in [0.717, 1.165) is 38.0 Å². The topological polar surface area (TPSA) is 95.6 Å². The number of carbonyl (C=O) groups excluding carboxylic acids is 1. The van der Waals surface area contributed by atoms with E-state index in [0.29, 0.717) is 49.1 Å². The zero-order chi connectivity index (χ0) is 22.4. The second-order valence-corrected chi connectivity index (χ2v) is 12.0. The summed E-state index contributed by atoms with van der Waals surface area (Å²) in [7, 11) is 0. The van der Waals surface area contributed by atoms with E-state index in [1.165, 1.54) is 25.7 Å². The molecule has 1 amide bonds. The monoisotopic (exact) mass is 434 g/mol. The minimum absolute atomic E-state index is 0.0221. The Morgan fingerprint density at radius 3 is 2.61 bits per heavy atom. The number of nitrogens with two attached hydrogens (primary N) is 1. The maximum Gasteiger partial charge on any atom is 0.220 e. The molecule has 0 heterocycles. The Labute approximate surface area is 188 Å². The van der Waals surface area contributed by atoms with Crippen LogP contribution in [0.4, 0.5) is 0 Å². The summed E-state index contributed by atoms with van der Waals surface area (Å²) < 4.78 is 0. The number of amides is 1. The maximum absolute atomic E-state index is 12.1. The Bertz CT molecular complexity index is 657. The van der Waals surface area contributed by atoms with Crippen LogP contribution in [0.5, 0.6) is 0 Å². The third-order valence-electron chi connectivity index (χ3n) is 10.8. The molecule has 0 aromatic heterocycles. The van der Waals surface area contributed by atoms with Gasteiger partial charge >= 0.3 is 0 Å². The van der Waals surface area contributed by atoms with Gasteiger partial charge in [-0.1, -0.05) is 20.8 Å². The van der Waals surface area contributed by atoms with Crippen LogP contribution in [0.1, 0.15) is 85.0 Å². The Morgan fingerprint density at radius 2 is 1.87 bits per heavy atom. The van der Waals surface area contributed by atoms with Crippen molar-refractivity contribution in [1.29, 1.82) is 0 Å². The largest absolute Gasteiger partial charge is 0.393 e. The molecule has 0 radical (unpaired) electrons. The SMILES string of the molecule is CC(CCC(=O)NCCN)C1CCC2C3CCC4CC(O)CC[C@]4(C)C3CC(O)[C@]12C. The third-order valence-corrected chi connectivity index (χ3v) is 10.8. The third kappa shape index (κ3) is 3.97. The second kappa shape index (κ2) is 8.95. The molecule has 0 aromatic rings. The first-order valence-electron chi connectivity index (χ1n) is 13.0. The van der Waals surface area contributed by atoms with Crippen LogP contribution in [0.3, 0.4) is 0 Å². The highest BCUT2D eigenvalue weighted by Crippen LogP contribution is 2.68. The zero-order valence-electron chi connectivity index (χ0n) is 20.0. The lowest BCUT2D eigenvalue weighted by molar-refractivity contribution is -0.174. The first-order valence-corrected chi connectivity index (χ1v) is 13.0. The number of aliphatic hydroxyl groups is 2. The van der Waals surface area contributed by atoms with E-state index in [-0.39, 0.29) is 28.9 Å². The number of nitrogens with one attached hydrogen (secondary N) is 1. The first-order chi connectivity index (χ1) is 14.7. The molecule has 10 atom stereocenters. The maximum atomic E-state index is 12.1. The fourth-order valence-corrected chi connectivity index (χ4v) is 9.02. The van der Waals surface area contributed by atoms with Crippen LogP contribution < -0.4 is 11.1 Å². The van der Waals surface area contributed by atoms with Gasteiger partial charge in [0, 0.05) is 19.5 Å². The van der Waals surface area contributed by atoms with Gasteiger partial charge in [-0.25, -0.2) is 0 Å². The second-order valence-electron chi connectivity index (χ2n) is 12.0. The normalized spacial score (nSPS) is 47.7. The summed E-state index contributed by atoms with van der Waals surface area (Å²) in [6.45, 7) is 8.19. The molecule has 8 unspecified atom stereocenters. The molecule has 5 nitrogen and oxygen atoms in total. The van der Waals surface area contributed by atoms with Gasteiger partial charge in [0.25, 0.3) is 0 Å². The van der Waals surface area contributed by atoms with E-state index in [1.54, 1.807) is 0 Å². The Hall–Kier alpha value is -0.650. The first kappa shape index (κ1) is 23.5. The van der Waals surface area contributed by atoms with Gasteiger partial charge in [-0.15, -0.1) is 0 Å². The summed E-state index contributed by atoms with van der Waals surface area (Å²) in [5.41, 5.74) is 5.76. The van der Waals surface area contributed by atoms with Crippen molar-refractivity contribution in [3.8, 4) is 0 Å². The number of carbonyl (C=O) groups is 1. The minimum atomic E-state index is -0.248. The van der Waals surface area contributed by atoms with Crippen molar-refractivity contribution in [3.05, 3.63) is 0 Å². The van der Waals surface area contributed by atoms with Gasteiger partial charge in [0.15, 0.2) is 0 Å². The standard InChI is InChI=1S/C26H46N2O3/c1-16(4-9-24(31)28-13-12-27)20-7-8-21-19-6-5-17-14-18(29)10-11-25(17,2)22(19)15-23(30)26(20,21)3/h16-23,29-30H,4-15,27H2,1-3H3,(H,28,31)/t16?,17?,18?,19?,20?,21?,22?,23?,25-,26+/m0/s1. The Kier molecular flexibility index (Phi) is 6.78. The van der Waals surface area contributed by atoms with Crippen LogP contribution in [-0.4, -0.2) is 41.4 Å². The van der Waals surface area contributed by atoms with Crippen molar-refractivity contribution in [2.75, 3.05) is 13.1 Å². The van der Waals surface area contributed by atoms with Crippen molar-refractivity contribution in [1.82, 2.24) is 5.32 Å². The van der Waals surface area contributed by atoms with E-state index >= 15 is 0 Å². The molecule has 0 saturated heterocycles. The summed E-state index contributed by atoms with van der Waals surface area (Å²) >= 11 is 0. The van der Waals surface area contributed by atoms with Gasteiger partial charge in [-0.05, 0) is 104 Å². The van der Waals surface area contributed by atoms with Crippen molar-refractivity contribution in [2.24, 2.45) is 52.1 Å². The number of rotatable bonds is 6. The zero-order valence-corrected chi connectivity index (χ0v) is 20.0. The van der Waals surface area contributed by atoms with Gasteiger partial charge in [0.1, 0.15) is 0 Å². The molecule has 4 rings (SSSR count). The molecule has 5 heteroatoms. The van der Waals surface area contributed by atoms with Gasteiger partial charge in [0.2, 0.25) is 5.91 Å². The Balaban J connectivity index is 1.47. The lowest BCUT2D eigenvalue weighted by atomic mass is 9.43. The van der Waals surface area contributed by atoms with Crippen molar-refractivity contribution >= 4 is 5.91 Å². The van der Waals surface area contributed by atoms with Gasteiger partial charge in [-0.2, -0.15) is 0 Å². The lowest BCUT2D eigenvalue weighted by Crippen LogP contribution is -2.58. The molecule has 0 bridgehead atoms. The van der Waals surface area contributed by atoms with E-state index in [2.05, 4.69) is 26.1 Å². The molecule has 4 saturated carbocycles. The molecular formula is C26H46N2O3. The minimum Gasteiger partial charge on any atom is -0.393 e. The van der Waals surface area contributed by atoms with Crippen LogP contribution in [-0.2, 0) is 4.79 Å². The predicted molar refractivity (Wildman–Crippen MR) is 123 cm³/mol. The van der Waals surface area contributed by atoms with Crippen LogP contribution >= 0.6 is 0 Å². The smallest absolute Gasteiger partial charge is 0.220 e. The van der Waals surface area contributed by atoms with Gasteiger partial charge < -0.3 is 21.3 Å². The highest BCUT2D eigenvalue weighted by molar-refractivity contribution is 5.75. The predicted octanol–water partition coefficient (Wildman–Crippen LogP) is 3.47. The Morgan fingerprint density at radius 1 is 1.10 bits per heavy atom. The molecule has 31 heavy (non-hydrogen) atoms. The molecular weight excluding hydrogens is 388 g/mol. The van der Waals surface area contributed by atoms with Crippen LogP contribution in [0, 0.1) is 46.3 Å². The fraction of sp³-hybridized carbons (Fsp3) is 0.962. The van der Waals surface area contributed by atoms with Crippen LogP contribution in [0.25, 0.3) is 0 Å². The summed E-state index contributed by atoms with van der Waals surface area (Å²) in [5, 5.41) is 24.7. The quantitative estimate of drug-likeness (QED) is 0.515. The van der Waals surface area contributed by atoms with E-state index < -0.39 is 0 Å². The van der Waals surface area contributed by atoms with Crippen molar-refractivity contribution in [2.45, 2.75) is 97.2 Å². The summed E-state index contributed by atoms with van der Waals surface area (Å²) in [6.07, 6.45) is 9.96. The highest BCUT2D eigenvalue weighted by Gasteiger charge is 2.63. The molecule has 178 valence electrons. The highest BCUT2D eigenvalue weighted by atomic mass is 16.3. The molecule has 4 aliphatic rings. The summed E-state index contributed by atoms with van der Waals surface area (Å²) in [4.78, 5) is 12.1. The fourth-order valence-electron chi connectivity index (χ4n) is 9.02. The molecule has 0 aromatic carbocycles. The summed E-state index contributed by atoms with van der Waals surface area (Å²) in [6, 6.07) is 0. The van der Waals surface area contributed by atoms with E-state index in [1.807, 2.05) is 0 Å². The summed E-state index contributed by atoms with van der Waals surface area (Å²) in [5.74, 6) is 3.59. The van der Waals surface area contributed by atoms with Gasteiger partial charge in [0.05, 0.1) is 12.2 Å². The number of hydrogen-bond acceptors (Lipinski definition) is 4. The lowest BCUT2D eigenvalue weighted by Gasteiger charge is -2.62. The van der Waals surface area contributed by atoms with Gasteiger partial charge in [-0.3, -0.25) is 4.79 Å². The average Bonchev–Trinajstić information content (AvgIpc) is 3.10. The number of hydrogen-bond donors (Lipinski definition) is 4. The molecule has 4 fully saturated rings. The molecule has 4 aliphatic carbocycles. The molecule has 5 N–H and O–H groups in total.